The van der Waals surface area contributed by atoms with Gasteiger partial charge in [0.05, 0.1) is 6.42 Å². The molecule has 0 saturated carbocycles. The van der Waals surface area contributed by atoms with E-state index in [0.717, 1.165) is 32.6 Å². The molecular formula is C16H24N2O2. The Balaban J connectivity index is 2.03. The highest BCUT2D eigenvalue weighted by atomic mass is 16.4. The molecular weight excluding hydrogens is 252 g/mol. The summed E-state index contributed by atoms with van der Waals surface area (Å²) in [6, 6.07) is 8.51. The van der Waals surface area contributed by atoms with Gasteiger partial charge in [0, 0.05) is 32.2 Å². The minimum Gasteiger partial charge on any atom is -0.481 e. The number of hydrogen-bond acceptors (Lipinski definition) is 3. The van der Waals surface area contributed by atoms with Crippen molar-refractivity contribution in [3.8, 4) is 0 Å². The number of aryl methyl sites for hydroxylation is 1. The molecule has 4 nitrogen and oxygen atoms in total. The molecule has 0 aliphatic carbocycles. The third-order valence-corrected chi connectivity index (χ3v) is 4.06. The van der Waals surface area contributed by atoms with Crippen LogP contribution < -0.4 is 0 Å². The predicted molar refractivity (Wildman–Crippen MR) is 80.0 cm³/mol. The fourth-order valence-electron chi connectivity index (χ4n) is 2.72. The first kappa shape index (κ1) is 15.0. The van der Waals surface area contributed by atoms with E-state index in [-0.39, 0.29) is 12.5 Å². The Labute approximate surface area is 121 Å². The molecule has 1 aliphatic rings. The van der Waals surface area contributed by atoms with Gasteiger partial charge in [-0.25, -0.2) is 0 Å². The normalized spacial score (nSPS) is 18.9. The van der Waals surface area contributed by atoms with Crippen molar-refractivity contribution in [2.24, 2.45) is 0 Å². The lowest BCUT2D eigenvalue weighted by atomic mass is 10.00. The number of nitrogens with zero attached hydrogens (tertiary/aromatic N) is 2. The number of piperazine rings is 1. The number of carbonyl (C=O) groups is 1. The molecule has 4 heteroatoms. The standard InChI is InChI=1S/C16H24N2O2/c1-13-3-5-14(6-4-13)11-15(12-16(19)20)18-9-7-17(2)8-10-18/h3-6,15H,7-12H2,1-2H3,(H,19,20). The van der Waals surface area contributed by atoms with E-state index in [2.05, 4.69) is 48.0 Å². The first-order valence-corrected chi connectivity index (χ1v) is 7.24. The van der Waals surface area contributed by atoms with E-state index in [1.54, 1.807) is 0 Å². The van der Waals surface area contributed by atoms with Crippen LogP contribution in [-0.4, -0.2) is 60.1 Å². The maximum Gasteiger partial charge on any atom is 0.304 e. The SMILES string of the molecule is Cc1ccc(CC(CC(=O)O)N2CCN(C)CC2)cc1. The minimum absolute atomic E-state index is 0.101. The van der Waals surface area contributed by atoms with Gasteiger partial charge in [-0.2, -0.15) is 0 Å². The van der Waals surface area contributed by atoms with Crippen LogP contribution in [-0.2, 0) is 11.2 Å². The van der Waals surface area contributed by atoms with Gasteiger partial charge in [-0.05, 0) is 26.0 Å². The van der Waals surface area contributed by atoms with Crippen LogP contribution >= 0.6 is 0 Å². The summed E-state index contributed by atoms with van der Waals surface area (Å²) < 4.78 is 0. The van der Waals surface area contributed by atoms with Crippen LogP contribution in [0.15, 0.2) is 24.3 Å². The third kappa shape index (κ3) is 4.32. The molecule has 1 N–H and O–H groups in total. The maximum absolute atomic E-state index is 11.1. The smallest absolute Gasteiger partial charge is 0.304 e. The van der Waals surface area contributed by atoms with Crippen LogP contribution in [0.5, 0.6) is 0 Å². The Morgan fingerprint density at radius 3 is 2.35 bits per heavy atom. The van der Waals surface area contributed by atoms with Crippen molar-refractivity contribution in [3.63, 3.8) is 0 Å². The lowest BCUT2D eigenvalue weighted by Crippen LogP contribution is -2.50. The van der Waals surface area contributed by atoms with Gasteiger partial charge in [0.1, 0.15) is 0 Å². The summed E-state index contributed by atoms with van der Waals surface area (Å²) in [6.07, 6.45) is 1.04. The summed E-state index contributed by atoms with van der Waals surface area (Å²) in [5.41, 5.74) is 2.46. The minimum atomic E-state index is -0.707. The quantitative estimate of drug-likeness (QED) is 0.888. The van der Waals surface area contributed by atoms with Gasteiger partial charge in [0.25, 0.3) is 0 Å². The number of benzene rings is 1. The van der Waals surface area contributed by atoms with E-state index in [1.165, 1.54) is 11.1 Å². The fourth-order valence-corrected chi connectivity index (χ4v) is 2.72. The molecule has 20 heavy (non-hydrogen) atoms. The molecule has 2 rings (SSSR count). The zero-order valence-corrected chi connectivity index (χ0v) is 12.4. The second-order valence-corrected chi connectivity index (χ2v) is 5.78. The molecule has 1 saturated heterocycles. The van der Waals surface area contributed by atoms with Crippen molar-refractivity contribution in [2.75, 3.05) is 33.2 Å². The second-order valence-electron chi connectivity index (χ2n) is 5.78. The highest BCUT2D eigenvalue weighted by Gasteiger charge is 2.24. The summed E-state index contributed by atoms with van der Waals surface area (Å²) in [6.45, 7) is 6.02. The Morgan fingerprint density at radius 2 is 1.80 bits per heavy atom. The summed E-state index contributed by atoms with van der Waals surface area (Å²) in [7, 11) is 2.11. The van der Waals surface area contributed by atoms with E-state index in [9.17, 15) is 4.79 Å². The number of aliphatic carboxylic acids is 1. The van der Waals surface area contributed by atoms with Crippen molar-refractivity contribution < 1.29 is 9.90 Å². The molecule has 1 aromatic carbocycles. The van der Waals surface area contributed by atoms with E-state index >= 15 is 0 Å². The lowest BCUT2D eigenvalue weighted by molar-refractivity contribution is -0.138. The van der Waals surface area contributed by atoms with Gasteiger partial charge >= 0.3 is 5.97 Å². The molecule has 1 aliphatic heterocycles. The van der Waals surface area contributed by atoms with Crippen LogP contribution in [0.25, 0.3) is 0 Å². The molecule has 1 fully saturated rings. The number of likely N-dealkylation sites (N-methyl/N-ethyl adjacent to an activating group) is 1. The molecule has 0 spiro atoms. The van der Waals surface area contributed by atoms with Gasteiger partial charge < -0.3 is 10.0 Å². The van der Waals surface area contributed by atoms with Crippen molar-refractivity contribution in [1.82, 2.24) is 9.80 Å². The van der Waals surface area contributed by atoms with E-state index < -0.39 is 5.97 Å². The van der Waals surface area contributed by atoms with Crippen LogP contribution in [0, 0.1) is 6.92 Å². The van der Waals surface area contributed by atoms with Gasteiger partial charge in [0.2, 0.25) is 0 Å². The van der Waals surface area contributed by atoms with Gasteiger partial charge in [-0.3, -0.25) is 9.69 Å². The van der Waals surface area contributed by atoms with E-state index in [4.69, 9.17) is 5.11 Å². The monoisotopic (exact) mass is 276 g/mol. The lowest BCUT2D eigenvalue weighted by Gasteiger charge is -2.37. The van der Waals surface area contributed by atoms with Gasteiger partial charge in [0.15, 0.2) is 0 Å². The Bertz CT molecular complexity index is 436. The zero-order valence-electron chi connectivity index (χ0n) is 12.4. The number of rotatable bonds is 5. The highest BCUT2D eigenvalue weighted by molar-refractivity contribution is 5.67. The first-order chi connectivity index (χ1) is 9.54. The number of carboxylic acids is 1. The van der Waals surface area contributed by atoms with Crippen LogP contribution in [0.3, 0.4) is 0 Å². The summed E-state index contributed by atoms with van der Waals surface area (Å²) in [4.78, 5) is 15.7. The molecule has 1 aromatic rings. The molecule has 0 amide bonds. The first-order valence-electron chi connectivity index (χ1n) is 7.24. The number of hydrogen-bond donors (Lipinski definition) is 1. The highest BCUT2D eigenvalue weighted by Crippen LogP contribution is 2.15. The molecule has 0 radical (unpaired) electrons. The van der Waals surface area contributed by atoms with Crippen molar-refractivity contribution >= 4 is 5.97 Å². The van der Waals surface area contributed by atoms with Crippen molar-refractivity contribution in [2.45, 2.75) is 25.8 Å². The third-order valence-electron chi connectivity index (χ3n) is 4.06. The Morgan fingerprint density at radius 1 is 1.20 bits per heavy atom. The van der Waals surface area contributed by atoms with Crippen LogP contribution in [0.1, 0.15) is 17.5 Å². The van der Waals surface area contributed by atoms with Gasteiger partial charge in [-0.15, -0.1) is 0 Å². The zero-order chi connectivity index (χ0) is 14.5. The molecule has 0 bridgehead atoms. The summed E-state index contributed by atoms with van der Waals surface area (Å²) >= 11 is 0. The molecule has 1 heterocycles. The summed E-state index contributed by atoms with van der Waals surface area (Å²) in [5, 5.41) is 9.15. The van der Waals surface area contributed by atoms with Crippen molar-refractivity contribution in [1.29, 1.82) is 0 Å². The molecule has 110 valence electrons. The van der Waals surface area contributed by atoms with E-state index in [1.807, 2.05) is 0 Å². The fraction of sp³-hybridized carbons (Fsp3) is 0.562. The largest absolute Gasteiger partial charge is 0.481 e. The van der Waals surface area contributed by atoms with Gasteiger partial charge in [-0.1, -0.05) is 29.8 Å². The molecule has 0 aromatic heterocycles. The Hall–Kier alpha value is -1.39. The average molecular weight is 276 g/mol. The van der Waals surface area contributed by atoms with Crippen LogP contribution in [0.2, 0.25) is 0 Å². The Kier molecular flexibility index (Phi) is 5.15. The van der Waals surface area contributed by atoms with E-state index in [0.29, 0.717) is 0 Å². The second kappa shape index (κ2) is 6.86. The van der Waals surface area contributed by atoms with Crippen molar-refractivity contribution in [3.05, 3.63) is 35.4 Å². The number of carboxylic acid groups (broad SMARTS) is 1. The maximum atomic E-state index is 11.1. The topological polar surface area (TPSA) is 43.8 Å². The summed E-state index contributed by atoms with van der Waals surface area (Å²) in [5.74, 6) is -0.707. The van der Waals surface area contributed by atoms with Crippen LogP contribution in [0.4, 0.5) is 0 Å². The molecule has 1 unspecified atom stereocenters. The average Bonchev–Trinajstić information content (AvgIpc) is 2.41. The molecule has 1 atom stereocenters. The predicted octanol–water partition coefficient (Wildman–Crippen LogP) is 1.63.